The first-order chi connectivity index (χ1) is 6.25. The van der Waals surface area contributed by atoms with Crippen molar-refractivity contribution in [2.45, 2.75) is 12.8 Å². The molecular formula is C8H14N4S. The van der Waals surface area contributed by atoms with Gasteiger partial charge in [0.2, 0.25) is 0 Å². The number of nitrogens with zero attached hydrogens (tertiary/aromatic N) is 2. The lowest BCUT2D eigenvalue weighted by molar-refractivity contribution is 0.200. The van der Waals surface area contributed by atoms with E-state index in [4.69, 9.17) is 18.0 Å². The first kappa shape index (κ1) is 8.90. The van der Waals surface area contributed by atoms with E-state index in [2.05, 4.69) is 15.4 Å². The standard InChI is InChI=1S/C8H14N4S/c9-8(13)11-10-7-5-12-3-1-6(7)2-4-12/h6H,1-5H2,(H3,9,11,13)/b10-7+. The number of fused-ring (bicyclic) bond motifs is 3. The van der Waals surface area contributed by atoms with Crippen LogP contribution in [0.15, 0.2) is 5.10 Å². The molecule has 13 heavy (non-hydrogen) atoms. The molecular weight excluding hydrogens is 184 g/mol. The summed E-state index contributed by atoms with van der Waals surface area (Å²) in [5.41, 5.74) is 9.19. The number of hydrogen-bond acceptors (Lipinski definition) is 3. The minimum absolute atomic E-state index is 0.254. The van der Waals surface area contributed by atoms with Gasteiger partial charge in [-0.1, -0.05) is 0 Å². The summed E-state index contributed by atoms with van der Waals surface area (Å²) in [6.45, 7) is 3.42. The molecule has 0 atom stereocenters. The van der Waals surface area contributed by atoms with Crippen molar-refractivity contribution in [3.63, 3.8) is 0 Å². The van der Waals surface area contributed by atoms with E-state index in [1.807, 2.05) is 0 Å². The minimum Gasteiger partial charge on any atom is -0.375 e. The van der Waals surface area contributed by atoms with Crippen LogP contribution in [0.2, 0.25) is 0 Å². The summed E-state index contributed by atoms with van der Waals surface area (Å²) < 4.78 is 0. The van der Waals surface area contributed by atoms with Crippen LogP contribution in [-0.2, 0) is 0 Å². The Kier molecular flexibility index (Phi) is 2.46. The van der Waals surface area contributed by atoms with Crippen molar-refractivity contribution >= 4 is 23.0 Å². The van der Waals surface area contributed by atoms with Gasteiger partial charge in [0.1, 0.15) is 0 Å². The SMILES string of the molecule is NC(=S)N/N=C1\CN2CCC1CC2. The van der Waals surface area contributed by atoms with Crippen LogP contribution in [0.1, 0.15) is 12.8 Å². The molecule has 2 bridgehead atoms. The number of rotatable bonds is 1. The van der Waals surface area contributed by atoms with Crippen LogP contribution in [0, 0.1) is 5.92 Å². The van der Waals surface area contributed by atoms with E-state index in [1.165, 1.54) is 31.6 Å². The Hall–Kier alpha value is -0.680. The van der Waals surface area contributed by atoms with Crippen LogP contribution in [0.5, 0.6) is 0 Å². The monoisotopic (exact) mass is 198 g/mol. The van der Waals surface area contributed by atoms with Crippen molar-refractivity contribution in [3.8, 4) is 0 Å². The minimum atomic E-state index is 0.254. The fourth-order valence-electron chi connectivity index (χ4n) is 2.04. The van der Waals surface area contributed by atoms with Gasteiger partial charge >= 0.3 is 0 Å². The van der Waals surface area contributed by atoms with Gasteiger partial charge in [0, 0.05) is 12.5 Å². The maximum absolute atomic E-state index is 5.31. The molecule has 0 radical (unpaired) electrons. The first-order valence-corrected chi connectivity index (χ1v) is 5.01. The Morgan fingerprint density at radius 2 is 2.23 bits per heavy atom. The Morgan fingerprint density at radius 3 is 2.69 bits per heavy atom. The summed E-state index contributed by atoms with van der Waals surface area (Å²) in [4.78, 5) is 2.42. The highest BCUT2D eigenvalue weighted by molar-refractivity contribution is 7.80. The van der Waals surface area contributed by atoms with E-state index in [0.717, 1.165) is 6.54 Å². The van der Waals surface area contributed by atoms with E-state index in [1.54, 1.807) is 0 Å². The third kappa shape index (κ3) is 1.97. The third-order valence-corrected chi connectivity index (χ3v) is 2.85. The normalized spacial score (nSPS) is 34.9. The zero-order valence-electron chi connectivity index (χ0n) is 7.49. The van der Waals surface area contributed by atoms with Crippen LogP contribution in [0.4, 0.5) is 0 Å². The van der Waals surface area contributed by atoms with Crippen LogP contribution in [0.3, 0.4) is 0 Å². The number of piperidine rings is 3. The molecule has 0 aromatic rings. The zero-order chi connectivity index (χ0) is 9.26. The van der Waals surface area contributed by atoms with Crippen molar-refractivity contribution in [2.24, 2.45) is 16.8 Å². The van der Waals surface area contributed by atoms with Gasteiger partial charge in [0.25, 0.3) is 0 Å². The van der Waals surface area contributed by atoms with Gasteiger partial charge in [0.15, 0.2) is 5.11 Å². The Bertz CT molecular complexity index is 243. The van der Waals surface area contributed by atoms with Crippen LogP contribution >= 0.6 is 12.2 Å². The van der Waals surface area contributed by atoms with Crippen molar-refractivity contribution in [1.82, 2.24) is 10.3 Å². The molecule has 3 saturated heterocycles. The maximum Gasteiger partial charge on any atom is 0.184 e. The average molecular weight is 198 g/mol. The Labute approximate surface area is 83.2 Å². The molecule has 5 heteroatoms. The topological polar surface area (TPSA) is 53.6 Å². The van der Waals surface area contributed by atoms with Crippen molar-refractivity contribution in [3.05, 3.63) is 0 Å². The fourth-order valence-corrected chi connectivity index (χ4v) is 2.08. The second-order valence-electron chi connectivity index (χ2n) is 3.63. The summed E-state index contributed by atoms with van der Waals surface area (Å²) in [5, 5.41) is 4.48. The van der Waals surface area contributed by atoms with Gasteiger partial charge in [-0.2, -0.15) is 5.10 Å². The van der Waals surface area contributed by atoms with E-state index < -0.39 is 0 Å². The van der Waals surface area contributed by atoms with Crippen molar-refractivity contribution in [1.29, 1.82) is 0 Å². The molecule has 4 nitrogen and oxygen atoms in total. The average Bonchev–Trinajstić information content (AvgIpc) is 2.17. The van der Waals surface area contributed by atoms with Gasteiger partial charge in [-0.3, -0.25) is 10.3 Å². The van der Waals surface area contributed by atoms with Gasteiger partial charge in [0.05, 0.1) is 5.71 Å². The molecule has 3 aliphatic rings. The molecule has 3 N–H and O–H groups in total. The zero-order valence-corrected chi connectivity index (χ0v) is 8.31. The van der Waals surface area contributed by atoms with E-state index in [-0.39, 0.29) is 5.11 Å². The largest absolute Gasteiger partial charge is 0.375 e. The Morgan fingerprint density at radius 1 is 1.54 bits per heavy atom. The van der Waals surface area contributed by atoms with Crippen LogP contribution in [0.25, 0.3) is 0 Å². The smallest absolute Gasteiger partial charge is 0.184 e. The summed E-state index contributed by atoms with van der Waals surface area (Å²) in [6.07, 6.45) is 2.47. The van der Waals surface area contributed by atoms with Crippen molar-refractivity contribution in [2.75, 3.05) is 19.6 Å². The highest BCUT2D eigenvalue weighted by Crippen LogP contribution is 2.24. The summed E-state index contributed by atoms with van der Waals surface area (Å²) in [5.74, 6) is 0.659. The molecule has 3 rings (SSSR count). The molecule has 0 amide bonds. The summed E-state index contributed by atoms with van der Waals surface area (Å²) >= 11 is 4.70. The van der Waals surface area contributed by atoms with Gasteiger partial charge in [-0.05, 0) is 38.1 Å². The molecule has 0 saturated carbocycles. The molecule has 0 aromatic heterocycles. The lowest BCUT2D eigenvalue weighted by atomic mass is 9.87. The van der Waals surface area contributed by atoms with E-state index in [0.29, 0.717) is 5.92 Å². The summed E-state index contributed by atoms with van der Waals surface area (Å²) in [7, 11) is 0. The maximum atomic E-state index is 5.31. The summed E-state index contributed by atoms with van der Waals surface area (Å²) in [6, 6.07) is 0. The second-order valence-corrected chi connectivity index (χ2v) is 4.07. The van der Waals surface area contributed by atoms with E-state index >= 15 is 0 Å². The number of thiocarbonyl (C=S) groups is 1. The lowest BCUT2D eigenvalue weighted by Crippen LogP contribution is -2.48. The predicted molar refractivity (Wildman–Crippen MR) is 56.5 cm³/mol. The van der Waals surface area contributed by atoms with Gasteiger partial charge < -0.3 is 5.73 Å². The number of nitrogens with two attached hydrogens (primary N) is 1. The molecule has 3 fully saturated rings. The molecule has 0 aromatic carbocycles. The predicted octanol–water partition coefficient (Wildman–Crippen LogP) is -0.0988. The van der Waals surface area contributed by atoms with Gasteiger partial charge in [-0.25, -0.2) is 0 Å². The number of nitrogens with one attached hydrogen (secondary N) is 1. The van der Waals surface area contributed by atoms with Crippen molar-refractivity contribution < 1.29 is 0 Å². The molecule has 0 aliphatic carbocycles. The molecule has 0 unspecified atom stereocenters. The van der Waals surface area contributed by atoms with E-state index in [9.17, 15) is 0 Å². The first-order valence-electron chi connectivity index (χ1n) is 4.60. The third-order valence-electron chi connectivity index (χ3n) is 2.75. The number of hydrazone groups is 1. The molecule has 3 aliphatic heterocycles. The van der Waals surface area contributed by atoms with Crippen LogP contribution in [-0.4, -0.2) is 35.4 Å². The molecule has 0 spiro atoms. The molecule has 72 valence electrons. The fraction of sp³-hybridized carbons (Fsp3) is 0.750. The van der Waals surface area contributed by atoms with Gasteiger partial charge in [-0.15, -0.1) is 0 Å². The quantitative estimate of drug-likeness (QED) is 0.456. The highest BCUT2D eigenvalue weighted by atomic mass is 32.1. The number of hydrogen-bond donors (Lipinski definition) is 2. The Balaban J connectivity index is 2.00. The highest BCUT2D eigenvalue weighted by Gasteiger charge is 2.30. The second kappa shape index (κ2) is 3.59. The lowest BCUT2D eigenvalue weighted by Gasteiger charge is -2.39. The molecule has 3 heterocycles. The van der Waals surface area contributed by atoms with Crippen LogP contribution < -0.4 is 11.2 Å².